The summed E-state index contributed by atoms with van der Waals surface area (Å²) in [6.07, 6.45) is 0. The van der Waals surface area contributed by atoms with Gasteiger partial charge in [-0.05, 0) is 30.7 Å². The van der Waals surface area contributed by atoms with Gasteiger partial charge in [0.1, 0.15) is 0 Å². The summed E-state index contributed by atoms with van der Waals surface area (Å²) in [6.45, 7) is 2.00. The van der Waals surface area contributed by atoms with Crippen molar-refractivity contribution in [3.63, 3.8) is 0 Å². The summed E-state index contributed by atoms with van der Waals surface area (Å²) in [5, 5.41) is 4.94. The van der Waals surface area contributed by atoms with Gasteiger partial charge in [0, 0.05) is 21.1 Å². The number of hydrogen-bond donors (Lipinski definition) is 1. The summed E-state index contributed by atoms with van der Waals surface area (Å²) >= 11 is 6.47. The van der Waals surface area contributed by atoms with E-state index in [9.17, 15) is 4.79 Å². The summed E-state index contributed by atoms with van der Waals surface area (Å²) in [5.41, 5.74) is 3.95. The Labute approximate surface area is 157 Å². The van der Waals surface area contributed by atoms with Crippen molar-refractivity contribution in [2.24, 2.45) is 0 Å². The van der Waals surface area contributed by atoms with E-state index in [1.165, 1.54) is 11.8 Å². The monoisotopic (exact) mass is 418 g/mol. The van der Waals surface area contributed by atoms with Gasteiger partial charge in [-0.25, -0.2) is 4.98 Å². The van der Waals surface area contributed by atoms with Crippen LogP contribution in [0.1, 0.15) is 5.56 Å². The van der Waals surface area contributed by atoms with Gasteiger partial charge in [-0.1, -0.05) is 58.0 Å². The molecule has 6 heteroatoms. The predicted octanol–water partition coefficient (Wildman–Crippen LogP) is 5.61. The van der Waals surface area contributed by atoms with Gasteiger partial charge < -0.3 is 5.32 Å². The van der Waals surface area contributed by atoms with Crippen LogP contribution in [0.2, 0.25) is 0 Å². The molecule has 0 unspecified atom stereocenters. The topological polar surface area (TPSA) is 42.0 Å². The summed E-state index contributed by atoms with van der Waals surface area (Å²) in [6, 6.07) is 15.8. The smallest absolute Gasteiger partial charge is 0.234 e. The lowest BCUT2D eigenvalue weighted by Crippen LogP contribution is -2.14. The van der Waals surface area contributed by atoms with Crippen LogP contribution in [0.3, 0.4) is 0 Å². The number of halogens is 1. The zero-order valence-electron chi connectivity index (χ0n) is 13.0. The molecule has 0 fully saturated rings. The molecule has 0 saturated heterocycles. The first kappa shape index (κ1) is 17.2. The molecule has 3 aromatic rings. The fourth-order valence-electron chi connectivity index (χ4n) is 2.11. The lowest BCUT2D eigenvalue weighted by Gasteiger charge is -2.06. The number of nitrogens with zero attached hydrogens (tertiary/aromatic N) is 1. The van der Waals surface area contributed by atoms with Crippen molar-refractivity contribution >= 4 is 50.6 Å². The minimum absolute atomic E-state index is 0.0295. The Morgan fingerprint density at radius 3 is 2.79 bits per heavy atom. The lowest BCUT2D eigenvalue weighted by molar-refractivity contribution is -0.113. The Bertz CT molecular complexity index is 849. The quantitative estimate of drug-likeness (QED) is 0.547. The van der Waals surface area contributed by atoms with E-state index in [1.807, 2.05) is 60.8 Å². The average Bonchev–Trinajstić information content (AvgIpc) is 3.06. The number of aryl methyl sites for hydroxylation is 1. The molecule has 24 heavy (non-hydrogen) atoms. The summed E-state index contributed by atoms with van der Waals surface area (Å²) in [7, 11) is 0. The van der Waals surface area contributed by atoms with Gasteiger partial charge in [-0.3, -0.25) is 4.79 Å². The molecular formula is C18H15BrN2OS2. The van der Waals surface area contributed by atoms with Gasteiger partial charge >= 0.3 is 0 Å². The number of thiazole rings is 1. The van der Waals surface area contributed by atoms with Crippen LogP contribution in [0.5, 0.6) is 0 Å². The number of thioether (sulfide) groups is 1. The molecule has 1 amide bonds. The molecule has 3 nitrogen and oxygen atoms in total. The van der Waals surface area contributed by atoms with Crippen molar-refractivity contribution in [2.45, 2.75) is 11.3 Å². The molecule has 0 bridgehead atoms. The van der Waals surface area contributed by atoms with Crippen molar-refractivity contribution in [3.8, 4) is 11.3 Å². The summed E-state index contributed by atoms with van der Waals surface area (Å²) < 4.78 is 1.93. The first-order valence-corrected chi connectivity index (χ1v) is 9.97. The van der Waals surface area contributed by atoms with Crippen LogP contribution in [0.25, 0.3) is 11.3 Å². The lowest BCUT2D eigenvalue weighted by atomic mass is 10.2. The molecule has 0 radical (unpaired) electrons. The Morgan fingerprint density at radius 1 is 1.25 bits per heavy atom. The highest BCUT2D eigenvalue weighted by atomic mass is 79.9. The molecule has 1 aromatic heterocycles. The molecule has 0 aliphatic carbocycles. The zero-order chi connectivity index (χ0) is 16.9. The van der Waals surface area contributed by atoms with E-state index >= 15 is 0 Å². The zero-order valence-corrected chi connectivity index (χ0v) is 16.2. The van der Waals surface area contributed by atoms with Crippen LogP contribution in [-0.2, 0) is 4.79 Å². The third kappa shape index (κ3) is 4.47. The van der Waals surface area contributed by atoms with E-state index in [0.717, 1.165) is 31.3 Å². The highest BCUT2D eigenvalue weighted by molar-refractivity contribution is 9.10. The van der Waals surface area contributed by atoms with Crippen molar-refractivity contribution in [1.82, 2.24) is 4.98 Å². The van der Waals surface area contributed by atoms with E-state index in [-0.39, 0.29) is 5.91 Å². The second-order valence-electron chi connectivity index (χ2n) is 5.17. The Hall–Kier alpha value is -1.63. The number of rotatable bonds is 5. The third-order valence-electron chi connectivity index (χ3n) is 3.32. The summed E-state index contributed by atoms with van der Waals surface area (Å²) in [4.78, 5) is 16.7. The molecule has 3 rings (SSSR count). The van der Waals surface area contributed by atoms with Crippen LogP contribution in [0, 0.1) is 6.92 Å². The summed E-state index contributed by atoms with van der Waals surface area (Å²) in [5.74, 6) is 0.315. The normalized spacial score (nSPS) is 10.6. The number of anilines is 1. The minimum atomic E-state index is -0.0295. The Morgan fingerprint density at radius 2 is 2.04 bits per heavy atom. The molecular weight excluding hydrogens is 404 g/mol. The van der Waals surface area contributed by atoms with Crippen molar-refractivity contribution in [3.05, 3.63) is 63.9 Å². The van der Waals surface area contributed by atoms with E-state index < -0.39 is 0 Å². The van der Waals surface area contributed by atoms with Gasteiger partial charge in [-0.15, -0.1) is 11.3 Å². The molecule has 1 N–H and O–H groups in total. The van der Waals surface area contributed by atoms with Gasteiger partial charge in [0.05, 0.1) is 11.4 Å². The maximum atomic E-state index is 12.1. The number of hydrogen-bond acceptors (Lipinski definition) is 4. The van der Waals surface area contributed by atoms with Crippen LogP contribution in [-0.4, -0.2) is 16.6 Å². The van der Waals surface area contributed by atoms with Gasteiger partial charge in [-0.2, -0.15) is 0 Å². The highest BCUT2D eigenvalue weighted by Crippen LogP contribution is 2.28. The predicted molar refractivity (Wildman–Crippen MR) is 106 cm³/mol. The Balaban J connectivity index is 1.56. The van der Waals surface area contributed by atoms with Crippen LogP contribution in [0.4, 0.5) is 5.69 Å². The third-order valence-corrected chi connectivity index (χ3v) is 6.23. The number of carbonyl (C=O) groups excluding carboxylic acids is 1. The van der Waals surface area contributed by atoms with Crippen molar-refractivity contribution in [2.75, 3.05) is 11.1 Å². The Kier molecular flexibility index (Phi) is 5.71. The van der Waals surface area contributed by atoms with Gasteiger partial charge in [0.15, 0.2) is 4.34 Å². The molecule has 0 aliphatic heterocycles. The molecule has 1 heterocycles. The number of benzene rings is 2. The maximum Gasteiger partial charge on any atom is 0.234 e. The van der Waals surface area contributed by atoms with Crippen molar-refractivity contribution < 1.29 is 4.79 Å². The fraction of sp³-hybridized carbons (Fsp3) is 0.111. The molecule has 0 aliphatic rings. The van der Waals surface area contributed by atoms with E-state index in [2.05, 4.69) is 26.2 Å². The minimum Gasteiger partial charge on any atom is -0.325 e. The van der Waals surface area contributed by atoms with Crippen LogP contribution in [0.15, 0.2) is 62.7 Å². The van der Waals surface area contributed by atoms with E-state index in [4.69, 9.17) is 0 Å². The van der Waals surface area contributed by atoms with Gasteiger partial charge in [0.2, 0.25) is 5.91 Å². The fourth-order valence-corrected chi connectivity index (χ4v) is 3.99. The molecule has 0 atom stereocenters. The maximum absolute atomic E-state index is 12.1. The SMILES string of the molecule is Cc1cc(NC(=O)CSc2nc(-c3ccccc3)cs2)ccc1Br. The largest absolute Gasteiger partial charge is 0.325 e. The first-order valence-electron chi connectivity index (χ1n) is 7.31. The van der Waals surface area contributed by atoms with E-state index in [1.54, 1.807) is 11.3 Å². The number of amides is 1. The second kappa shape index (κ2) is 7.96. The average molecular weight is 419 g/mol. The molecule has 0 saturated carbocycles. The molecule has 2 aromatic carbocycles. The number of aromatic nitrogens is 1. The van der Waals surface area contributed by atoms with Gasteiger partial charge in [0.25, 0.3) is 0 Å². The van der Waals surface area contributed by atoms with Crippen LogP contribution >= 0.6 is 39.0 Å². The van der Waals surface area contributed by atoms with E-state index in [0.29, 0.717) is 5.75 Å². The van der Waals surface area contributed by atoms with Crippen molar-refractivity contribution in [1.29, 1.82) is 0 Å². The number of carbonyl (C=O) groups is 1. The number of nitrogens with one attached hydrogen (secondary N) is 1. The second-order valence-corrected chi connectivity index (χ2v) is 8.10. The standard InChI is InChI=1S/C18H15BrN2OS2/c1-12-9-14(7-8-15(12)19)20-17(22)11-24-18-21-16(10-23-18)13-5-3-2-4-6-13/h2-10H,11H2,1H3,(H,20,22). The van der Waals surface area contributed by atoms with Crippen LogP contribution < -0.4 is 5.32 Å². The first-order chi connectivity index (χ1) is 11.6. The molecule has 122 valence electrons. The molecule has 0 spiro atoms. The highest BCUT2D eigenvalue weighted by Gasteiger charge is 2.08.